The van der Waals surface area contributed by atoms with Gasteiger partial charge in [-0.1, -0.05) is 0 Å². The maximum atomic E-state index is 11.3. The van der Waals surface area contributed by atoms with Crippen LogP contribution in [-0.2, 0) is 9.53 Å². The van der Waals surface area contributed by atoms with Crippen molar-refractivity contribution in [2.24, 2.45) is 0 Å². The number of hydrogen-bond acceptors (Lipinski definition) is 4. The molecule has 1 fully saturated rings. The molecule has 1 unspecified atom stereocenters. The van der Waals surface area contributed by atoms with Crippen LogP contribution in [-0.4, -0.2) is 48.1 Å². The summed E-state index contributed by atoms with van der Waals surface area (Å²) in [4.78, 5) is 13.5. The van der Waals surface area contributed by atoms with Gasteiger partial charge in [-0.25, -0.2) is 0 Å². The highest BCUT2D eigenvalue weighted by Crippen LogP contribution is 2.21. The molecule has 1 saturated heterocycles. The molecule has 0 spiro atoms. The van der Waals surface area contributed by atoms with Gasteiger partial charge in [-0.05, 0) is 33.1 Å². The molecule has 1 atom stereocenters. The Labute approximate surface area is 90.2 Å². The first-order valence-electron chi connectivity index (χ1n) is 5.07. The molecule has 3 nitrogen and oxygen atoms in total. The van der Waals surface area contributed by atoms with E-state index in [4.69, 9.17) is 4.74 Å². The molecular weight excluding hydrogens is 198 g/mol. The van der Waals surface area contributed by atoms with E-state index in [-0.39, 0.29) is 12.1 Å². The van der Waals surface area contributed by atoms with Gasteiger partial charge in [0.25, 0.3) is 0 Å². The highest BCUT2D eigenvalue weighted by molar-refractivity contribution is 7.99. The molecule has 0 amide bonds. The third-order valence-electron chi connectivity index (χ3n) is 2.27. The van der Waals surface area contributed by atoms with Gasteiger partial charge in [0, 0.05) is 11.8 Å². The lowest BCUT2D eigenvalue weighted by Crippen LogP contribution is -2.37. The van der Waals surface area contributed by atoms with Crippen molar-refractivity contribution in [2.75, 3.05) is 25.1 Å². The van der Waals surface area contributed by atoms with E-state index >= 15 is 0 Å². The summed E-state index contributed by atoms with van der Waals surface area (Å²) in [6.45, 7) is 4.18. The number of carbonyl (C=O) groups excluding carboxylic acids is 1. The SMILES string of the molecule is CC(C)OC(=O)CN(C)C1CCSC1. The van der Waals surface area contributed by atoms with Crippen molar-refractivity contribution < 1.29 is 9.53 Å². The molecular formula is C10H19NO2S. The Bertz CT molecular complexity index is 191. The maximum absolute atomic E-state index is 11.3. The number of rotatable bonds is 4. The van der Waals surface area contributed by atoms with Crippen molar-refractivity contribution in [1.82, 2.24) is 4.90 Å². The highest BCUT2D eigenvalue weighted by Gasteiger charge is 2.22. The van der Waals surface area contributed by atoms with Crippen molar-refractivity contribution in [3.05, 3.63) is 0 Å². The Morgan fingerprint density at radius 2 is 2.36 bits per heavy atom. The molecule has 82 valence electrons. The zero-order valence-corrected chi connectivity index (χ0v) is 9.97. The zero-order chi connectivity index (χ0) is 10.6. The molecule has 0 aromatic rings. The first-order valence-corrected chi connectivity index (χ1v) is 6.22. The minimum Gasteiger partial charge on any atom is -0.462 e. The quantitative estimate of drug-likeness (QED) is 0.665. The van der Waals surface area contributed by atoms with Crippen LogP contribution in [0.4, 0.5) is 0 Å². The average Bonchev–Trinajstić information content (AvgIpc) is 2.53. The predicted molar refractivity (Wildman–Crippen MR) is 59.6 cm³/mol. The zero-order valence-electron chi connectivity index (χ0n) is 9.16. The highest BCUT2D eigenvalue weighted by atomic mass is 32.2. The van der Waals surface area contributed by atoms with Crippen LogP contribution in [0.5, 0.6) is 0 Å². The molecule has 0 aliphatic carbocycles. The van der Waals surface area contributed by atoms with Crippen LogP contribution < -0.4 is 0 Å². The van der Waals surface area contributed by atoms with E-state index in [0.29, 0.717) is 12.6 Å². The van der Waals surface area contributed by atoms with Gasteiger partial charge in [-0.3, -0.25) is 9.69 Å². The second-order valence-corrected chi connectivity index (χ2v) is 5.12. The lowest BCUT2D eigenvalue weighted by molar-refractivity contribution is -0.148. The fourth-order valence-corrected chi connectivity index (χ4v) is 2.80. The molecule has 1 heterocycles. The van der Waals surface area contributed by atoms with Gasteiger partial charge in [-0.2, -0.15) is 11.8 Å². The van der Waals surface area contributed by atoms with E-state index < -0.39 is 0 Å². The number of esters is 1. The van der Waals surface area contributed by atoms with E-state index in [1.54, 1.807) is 0 Å². The molecule has 0 N–H and O–H groups in total. The summed E-state index contributed by atoms with van der Waals surface area (Å²) in [5, 5.41) is 0. The Hall–Kier alpha value is -0.220. The number of thioether (sulfide) groups is 1. The van der Waals surface area contributed by atoms with Gasteiger partial charge in [0.2, 0.25) is 0 Å². The first kappa shape index (κ1) is 11.9. The molecule has 0 saturated carbocycles. The largest absolute Gasteiger partial charge is 0.462 e. The van der Waals surface area contributed by atoms with E-state index in [1.807, 2.05) is 32.7 Å². The van der Waals surface area contributed by atoms with Crippen LogP contribution in [0.15, 0.2) is 0 Å². The second kappa shape index (κ2) is 5.61. The van der Waals surface area contributed by atoms with Crippen LogP contribution >= 0.6 is 11.8 Å². The van der Waals surface area contributed by atoms with Crippen LogP contribution in [0.25, 0.3) is 0 Å². The predicted octanol–water partition coefficient (Wildman–Crippen LogP) is 1.38. The standard InChI is InChI=1S/C10H19NO2S/c1-8(2)13-10(12)6-11(3)9-4-5-14-7-9/h8-9H,4-7H2,1-3H3. The molecule has 0 aromatic heterocycles. The lowest BCUT2D eigenvalue weighted by atomic mass is 10.2. The summed E-state index contributed by atoms with van der Waals surface area (Å²) in [6, 6.07) is 0.555. The minimum absolute atomic E-state index is 0.00569. The van der Waals surface area contributed by atoms with Gasteiger partial charge in [-0.15, -0.1) is 0 Å². The summed E-state index contributed by atoms with van der Waals surface area (Å²) >= 11 is 1.96. The number of hydrogen-bond donors (Lipinski definition) is 0. The fourth-order valence-electron chi connectivity index (χ4n) is 1.50. The lowest BCUT2D eigenvalue weighted by Gasteiger charge is -2.22. The van der Waals surface area contributed by atoms with E-state index in [0.717, 1.165) is 5.75 Å². The molecule has 0 bridgehead atoms. The summed E-state index contributed by atoms with van der Waals surface area (Å²) in [5.74, 6) is 2.25. The minimum atomic E-state index is -0.112. The fraction of sp³-hybridized carbons (Fsp3) is 0.900. The Kier molecular flexibility index (Phi) is 4.75. The number of ether oxygens (including phenoxy) is 1. The monoisotopic (exact) mass is 217 g/mol. The van der Waals surface area contributed by atoms with E-state index in [9.17, 15) is 4.79 Å². The van der Waals surface area contributed by atoms with Gasteiger partial charge in [0.15, 0.2) is 0 Å². The molecule has 1 aliphatic rings. The van der Waals surface area contributed by atoms with E-state index in [2.05, 4.69) is 4.90 Å². The molecule has 1 rings (SSSR count). The van der Waals surface area contributed by atoms with Crippen LogP contribution in [0.3, 0.4) is 0 Å². The average molecular weight is 217 g/mol. The van der Waals surface area contributed by atoms with E-state index in [1.165, 1.54) is 12.2 Å². The molecule has 0 radical (unpaired) electrons. The van der Waals surface area contributed by atoms with Gasteiger partial charge >= 0.3 is 5.97 Å². The second-order valence-electron chi connectivity index (χ2n) is 3.97. The molecule has 1 aliphatic heterocycles. The van der Waals surface area contributed by atoms with Crippen molar-refractivity contribution in [3.8, 4) is 0 Å². The third-order valence-corrected chi connectivity index (χ3v) is 3.42. The van der Waals surface area contributed by atoms with Crippen molar-refractivity contribution in [1.29, 1.82) is 0 Å². The van der Waals surface area contributed by atoms with Gasteiger partial charge in [0.05, 0.1) is 12.6 Å². The number of likely N-dealkylation sites (N-methyl/N-ethyl adjacent to an activating group) is 1. The Balaban J connectivity index is 2.24. The number of nitrogens with zero attached hydrogens (tertiary/aromatic N) is 1. The van der Waals surface area contributed by atoms with Crippen LogP contribution in [0, 0.1) is 0 Å². The molecule has 14 heavy (non-hydrogen) atoms. The molecule has 4 heteroatoms. The van der Waals surface area contributed by atoms with Crippen LogP contribution in [0.1, 0.15) is 20.3 Å². The third kappa shape index (κ3) is 3.88. The summed E-state index contributed by atoms with van der Waals surface area (Å²) < 4.78 is 5.09. The normalized spacial score (nSPS) is 21.9. The Morgan fingerprint density at radius 1 is 1.64 bits per heavy atom. The van der Waals surface area contributed by atoms with Crippen molar-refractivity contribution in [3.63, 3.8) is 0 Å². The number of carbonyl (C=O) groups is 1. The van der Waals surface area contributed by atoms with Crippen molar-refractivity contribution >= 4 is 17.7 Å². The summed E-state index contributed by atoms with van der Waals surface area (Å²) in [7, 11) is 2.00. The topological polar surface area (TPSA) is 29.5 Å². The first-order chi connectivity index (χ1) is 6.59. The van der Waals surface area contributed by atoms with Crippen LogP contribution in [0.2, 0.25) is 0 Å². The molecule has 0 aromatic carbocycles. The summed E-state index contributed by atoms with van der Waals surface area (Å²) in [6.07, 6.45) is 1.18. The summed E-state index contributed by atoms with van der Waals surface area (Å²) in [5.41, 5.74) is 0. The van der Waals surface area contributed by atoms with Gasteiger partial charge in [0.1, 0.15) is 0 Å². The maximum Gasteiger partial charge on any atom is 0.320 e. The smallest absolute Gasteiger partial charge is 0.320 e. The van der Waals surface area contributed by atoms with Gasteiger partial charge < -0.3 is 4.74 Å². The Morgan fingerprint density at radius 3 is 2.86 bits per heavy atom. The van der Waals surface area contributed by atoms with Crippen molar-refractivity contribution in [2.45, 2.75) is 32.4 Å².